The van der Waals surface area contributed by atoms with Crippen molar-refractivity contribution in [2.45, 2.75) is 12.8 Å². The molecular weight excluding hydrogens is 404 g/mol. The van der Waals surface area contributed by atoms with Crippen LogP contribution in [0.2, 0.25) is 0 Å². The second-order valence-electron chi connectivity index (χ2n) is 8.68. The van der Waals surface area contributed by atoms with Crippen LogP contribution in [0.15, 0.2) is 84.4 Å². The molecule has 2 N–H and O–H groups in total. The van der Waals surface area contributed by atoms with E-state index in [1.54, 1.807) is 17.7 Å². The lowest BCUT2D eigenvalue weighted by atomic mass is 9.86. The van der Waals surface area contributed by atoms with Crippen LogP contribution in [0.1, 0.15) is 51.0 Å². The molecule has 2 aliphatic rings. The first kappa shape index (κ1) is 21.2. The van der Waals surface area contributed by atoms with Gasteiger partial charge in [0.1, 0.15) is 0 Å². The van der Waals surface area contributed by atoms with Crippen molar-refractivity contribution in [3.8, 4) is 0 Å². The Hall–Kier alpha value is -3.69. The molecule has 3 heteroatoms. The molecule has 164 valence electrons. The highest BCUT2D eigenvalue weighted by atomic mass is 16.1. The number of rotatable bonds is 4. The third kappa shape index (κ3) is 4.59. The van der Waals surface area contributed by atoms with Crippen molar-refractivity contribution in [2.75, 3.05) is 19.6 Å². The third-order valence-electron chi connectivity index (χ3n) is 6.58. The quantitative estimate of drug-likeness (QED) is 0.438. The van der Waals surface area contributed by atoms with Gasteiger partial charge in [0.25, 0.3) is 0 Å². The molecule has 1 amide bonds. The number of hydrogen-bond acceptors (Lipinski definition) is 2. The van der Waals surface area contributed by atoms with Crippen molar-refractivity contribution >= 4 is 29.7 Å². The molecule has 0 radical (unpaired) electrons. The standard InChI is InChI=1S/C30H28N2O/c31-30(33)26-13-11-22(12-14-26)6-5-19-32-20-17-25(18-21-32)29-27-9-3-1-7-23(27)15-16-24-8-2-4-10-28(24)29/h1-16H,17-21H2,(H2,31,33)/b6-5+. The monoisotopic (exact) mass is 432 g/mol. The van der Waals surface area contributed by atoms with Crippen LogP contribution in [0.5, 0.6) is 0 Å². The molecule has 1 aliphatic carbocycles. The Balaban J connectivity index is 1.32. The number of nitrogens with zero attached hydrogens (tertiary/aromatic N) is 1. The van der Waals surface area contributed by atoms with Gasteiger partial charge >= 0.3 is 0 Å². The molecule has 0 unspecified atom stereocenters. The maximum atomic E-state index is 11.2. The van der Waals surface area contributed by atoms with Crippen LogP contribution in [0.25, 0.3) is 23.8 Å². The van der Waals surface area contributed by atoms with E-state index in [1.165, 1.54) is 27.8 Å². The van der Waals surface area contributed by atoms with Crippen LogP contribution in [0.4, 0.5) is 0 Å². The molecular formula is C30H28N2O. The molecule has 3 aromatic rings. The fourth-order valence-electron chi connectivity index (χ4n) is 4.80. The van der Waals surface area contributed by atoms with Crippen molar-refractivity contribution in [1.82, 2.24) is 4.90 Å². The Morgan fingerprint density at radius 2 is 1.39 bits per heavy atom. The van der Waals surface area contributed by atoms with Gasteiger partial charge in [-0.3, -0.25) is 9.69 Å². The van der Waals surface area contributed by atoms with E-state index < -0.39 is 5.91 Å². The van der Waals surface area contributed by atoms with Crippen LogP contribution in [-0.2, 0) is 0 Å². The molecule has 0 atom stereocenters. The van der Waals surface area contributed by atoms with Gasteiger partial charge in [0, 0.05) is 25.2 Å². The topological polar surface area (TPSA) is 46.3 Å². The predicted molar refractivity (Wildman–Crippen MR) is 138 cm³/mol. The minimum atomic E-state index is -0.390. The fourth-order valence-corrected chi connectivity index (χ4v) is 4.80. The molecule has 1 heterocycles. The molecule has 1 saturated heterocycles. The molecule has 0 spiro atoms. The number of carbonyl (C=O) groups is 1. The van der Waals surface area contributed by atoms with Gasteiger partial charge in [-0.25, -0.2) is 0 Å². The number of benzene rings is 3. The lowest BCUT2D eigenvalue weighted by molar-refractivity contribution is 0.100. The molecule has 0 aromatic heterocycles. The first-order valence-corrected chi connectivity index (χ1v) is 11.6. The number of primary amides is 1. The fraction of sp³-hybridized carbons (Fsp3) is 0.167. The van der Waals surface area contributed by atoms with Crippen molar-refractivity contribution in [3.05, 3.63) is 118 Å². The average Bonchev–Trinajstić information content (AvgIpc) is 3.02. The zero-order valence-corrected chi connectivity index (χ0v) is 18.7. The highest BCUT2D eigenvalue weighted by Crippen LogP contribution is 2.38. The van der Waals surface area contributed by atoms with Crippen molar-refractivity contribution < 1.29 is 4.79 Å². The lowest BCUT2D eigenvalue weighted by Crippen LogP contribution is -2.31. The molecule has 1 fully saturated rings. The molecule has 3 nitrogen and oxygen atoms in total. The zero-order valence-electron chi connectivity index (χ0n) is 18.7. The van der Waals surface area contributed by atoms with Gasteiger partial charge < -0.3 is 5.73 Å². The number of piperidine rings is 1. The summed E-state index contributed by atoms with van der Waals surface area (Å²) >= 11 is 0. The highest BCUT2D eigenvalue weighted by molar-refractivity contribution is 5.95. The predicted octanol–water partition coefficient (Wildman–Crippen LogP) is 5.88. The Bertz CT molecular complexity index is 1200. The molecule has 33 heavy (non-hydrogen) atoms. The van der Waals surface area contributed by atoms with Gasteiger partial charge in [0.15, 0.2) is 0 Å². The highest BCUT2D eigenvalue weighted by Gasteiger charge is 2.22. The van der Waals surface area contributed by atoms with Gasteiger partial charge in [-0.05, 0) is 58.4 Å². The van der Waals surface area contributed by atoms with E-state index in [1.807, 2.05) is 12.1 Å². The minimum absolute atomic E-state index is 0.390. The summed E-state index contributed by atoms with van der Waals surface area (Å²) in [5.41, 5.74) is 15.2. The number of nitrogens with two attached hydrogens (primary N) is 1. The first-order valence-electron chi connectivity index (χ1n) is 11.6. The lowest BCUT2D eigenvalue weighted by Gasteiger charge is -2.29. The number of amides is 1. The summed E-state index contributed by atoms with van der Waals surface area (Å²) in [5, 5.41) is 0. The summed E-state index contributed by atoms with van der Waals surface area (Å²) in [4.78, 5) is 13.7. The Morgan fingerprint density at radius 3 is 1.97 bits per heavy atom. The summed E-state index contributed by atoms with van der Waals surface area (Å²) < 4.78 is 0. The van der Waals surface area contributed by atoms with Crippen LogP contribution in [0.3, 0.4) is 0 Å². The number of likely N-dealkylation sites (tertiary alicyclic amines) is 1. The molecule has 0 bridgehead atoms. The number of carbonyl (C=O) groups excluding carboxylic acids is 1. The third-order valence-corrected chi connectivity index (χ3v) is 6.58. The minimum Gasteiger partial charge on any atom is -0.366 e. The van der Waals surface area contributed by atoms with Gasteiger partial charge in [0.05, 0.1) is 0 Å². The first-order chi connectivity index (χ1) is 16.2. The van der Waals surface area contributed by atoms with Crippen LogP contribution in [-0.4, -0.2) is 30.4 Å². The second-order valence-corrected chi connectivity index (χ2v) is 8.68. The van der Waals surface area contributed by atoms with Crippen LogP contribution >= 0.6 is 0 Å². The van der Waals surface area contributed by atoms with E-state index in [-0.39, 0.29) is 0 Å². The van der Waals surface area contributed by atoms with E-state index in [9.17, 15) is 4.79 Å². The van der Waals surface area contributed by atoms with Crippen LogP contribution < -0.4 is 5.73 Å². The van der Waals surface area contributed by atoms with E-state index >= 15 is 0 Å². The maximum absolute atomic E-state index is 11.2. The smallest absolute Gasteiger partial charge is 0.248 e. The Labute approximate surface area is 195 Å². The van der Waals surface area contributed by atoms with Crippen molar-refractivity contribution in [3.63, 3.8) is 0 Å². The Morgan fingerprint density at radius 1 is 0.818 bits per heavy atom. The maximum Gasteiger partial charge on any atom is 0.248 e. The SMILES string of the molecule is NC(=O)c1ccc(/C=C/CN2CCC(=C3c4ccccc4C=Cc4ccccc43)CC2)cc1. The van der Waals surface area contributed by atoms with Crippen molar-refractivity contribution in [1.29, 1.82) is 0 Å². The molecule has 1 aliphatic heterocycles. The molecule has 5 rings (SSSR count). The summed E-state index contributed by atoms with van der Waals surface area (Å²) in [6, 6.07) is 24.9. The van der Waals surface area contributed by atoms with E-state index in [2.05, 4.69) is 77.7 Å². The van der Waals surface area contributed by atoms with Crippen molar-refractivity contribution in [2.24, 2.45) is 5.73 Å². The zero-order chi connectivity index (χ0) is 22.6. The van der Waals surface area contributed by atoms with E-state index in [4.69, 9.17) is 5.73 Å². The second kappa shape index (κ2) is 9.43. The Kier molecular flexibility index (Phi) is 6.05. The normalized spacial score (nSPS) is 15.9. The summed E-state index contributed by atoms with van der Waals surface area (Å²) in [5.74, 6) is -0.390. The average molecular weight is 433 g/mol. The summed E-state index contributed by atoms with van der Waals surface area (Å²) in [7, 11) is 0. The number of hydrogen-bond donors (Lipinski definition) is 1. The van der Waals surface area contributed by atoms with Crippen LogP contribution in [0, 0.1) is 0 Å². The van der Waals surface area contributed by atoms with E-state index in [0.29, 0.717) is 5.56 Å². The van der Waals surface area contributed by atoms with Gasteiger partial charge in [-0.2, -0.15) is 0 Å². The van der Waals surface area contributed by atoms with Gasteiger partial charge in [-0.15, -0.1) is 0 Å². The summed E-state index contributed by atoms with van der Waals surface area (Å²) in [6.45, 7) is 3.04. The largest absolute Gasteiger partial charge is 0.366 e. The molecule has 3 aromatic carbocycles. The van der Waals surface area contributed by atoms with E-state index in [0.717, 1.165) is 38.0 Å². The summed E-state index contributed by atoms with van der Waals surface area (Å²) in [6.07, 6.45) is 11.0. The van der Waals surface area contributed by atoms with Gasteiger partial charge in [0.2, 0.25) is 5.91 Å². The van der Waals surface area contributed by atoms with Gasteiger partial charge in [-0.1, -0.05) is 90.5 Å². The molecule has 0 saturated carbocycles. The number of fused-ring (bicyclic) bond motifs is 2.